The van der Waals surface area contributed by atoms with Crippen molar-refractivity contribution < 1.29 is 13.9 Å². The average molecular weight is 435 g/mol. The monoisotopic (exact) mass is 434 g/mol. The van der Waals surface area contributed by atoms with Crippen molar-refractivity contribution in [3.63, 3.8) is 0 Å². The van der Waals surface area contributed by atoms with Crippen LogP contribution in [0.3, 0.4) is 0 Å². The van der Waals surface area contributed by atoms with Crippen molar-refractivity contribution in [3.8, 4) is 5.75 Å². The zero-order valence-corrected chi connectivity index (χ0v) is 18.5. The summed E-state index contributed by atoms with van der Waals surface area (Å²) in [4.78, 5) is 21.8. The number of para-hydroxylation sites is 2. The van der Waals surface area contributed by atoms with Gasteiger partial charge < -0.3 is 24.3 Å². The predicted octanol–water partition coefficient (Wildman–Crippen LogP) is 4.39. The van der Waals surface area contributed by atoms with E-state index in [1.807, 2.05) is 41.3 Å². The lowest BCUT2D eigenvalue weighted by molar-refractivity contribution is 0.172. The van der Waals surface area contributed by atoms with Gasteiger partial charge in [0.1, 0.15) is 11.3 Å². The molecule has 2 aliphatic rings. The van der Waals surface area contributed by atoms with E-state index in [1.165, 1.54) is 5.69 Å². The Kier molecular flexibility index (Phi) is 5.88. The van der Waals surface area contributed by atoms with Gasteiger partial charge in [0.05, 0.1) is 7.11 Å². The van der Waals surface area contributed by atoms with E-state index in [4.69, 9.17) is 9.15 Å². The third kappa shape index (κ3) is 4.38. The number of aromatic nitrogens is 1. The van der Waals surface area contributed by atoms with Crippen LogP contribution in [0.1, 0.15) is 37.5 Å². The number of amides is 2. The number of fused-ring (bicyclic) bond motifs is 1. The molecule has 0 aliphatic carbocycles. The summed E-state index contributed by atoms with van der Waals surface area (Å²) in [6, 6.07) is 16.3. The molecular formula is C25H30N4O3. The van der Waals surface area contributed by atoms with Gasteiger partial charge in [-0.05, 0) is 62.1 Å². The number of carbonyl (C=O) groups excluding carboxylic acids is 1. The number of oxazole rings is 1. The molecule has 0 saturated carbocycles. The van der Waals surface area contributed by atoms with Gasteiger partial charge in [0, 0.05) is 43.8 Å². The molecule has 2 saturated heterocycles. The summed E-state index contributed by atoms with van der Waals surface area (Å²) in [7, 11) is 1.68. The highest BCUT2D eigenvalue weighted by molar-refractivity contribution is 5.75. The fraction of sp³-hybridized carbons (Fsp3) is 0.440. The largest absolute Gasteiger partial charge is 0.497 e. The zero-order chi connectivity index (χ0) is 21.9. The second-order valence-corrected chi connectivity index (χ2v) is 8.69. The number of ether oxygens (including phenoxy) is 1. The molecule has 0 unspecified atom stereocenters. The molecule has 7 heteroatoms. The van der Waals surface area contributed by atoms with Crippen molar-refractivity contribution in [2.24, 2.45) is 0 Å². The van der Waals surface area contributed by atoms with Crippen LogP contribution in [0.2, 0.25) is 0 Å². The molecule has 5 rings (SSSR count). The number of nitrogens with zero attached hydrogens (tertiary/aromatic N) is 3. The average Bonchev–Trinajstić information content (AvgIpc) is 3.29. The summed E-state index contributed by atoms with van der Waals surface area (Å²) in [6.45, 7) is 3.36. The number of likely N-dealkylation sites (tertiary alicyclic amines) is 1. The number of urea groups is 1. The van der Waals surface area contributed by atoms with Crippen LogP contribution >= 0.6 is 0 Å². The molecule has 2 aromatic carbocycles. The molecule has 0 spiro atoms. The van der Waals surface area contributed by atoms with E-state index in [0.29, 0.717) is 0 Å². The number of methoxy groups -OCH3 is 1. The Bertz CT molecular complexity index is 1020. The third-order valence-electron chi connectivity index (χ3n) is 6.70. The molecule has 1 N–H and O–H groups in total. The fourth-order valence-electron chi connectivity index (χ4n) is 4.74. The fourth-order valence-corrected chi connectivity index (χ4v) is 4.74. The summed E-state index contributed by atoms with van der Waals surface area (Å²) in [5, 5.41) is 3.26. The number of benzene rings is 2. The number of anilines is 1. The summed E-state index contributed by atoms with van der Waals surface area (Å²) < 4.78 is 11.2. The standard InChI is InChI=1S/C25H30N4O3/c1-31-21-8-6-20(7-9-21)28-16-12-19(13-17-28)26-25(30)29-14-10-18(11-15-29)24-27-22-4-2-3-5-23(22)32-24/h2-9,18-19H,10-17H2,1H3,(H,26,30). The number of carbonyl (C=O) groups is 1. The minimum atomic E-state index is 0.0592. The molecule has 0 atom stereocenters. The van der Waals surface area contributed by atoms with E-state index in [1.54, 1.807) is 7.11 Å². The Morgan fingerprint density at radius 3 is 2.41 bits per heavy atom. The Labute approximate surface area is 188 Å². The highest BCUT2D eigenvalue weighted by Crippen LogP contribution is 2.30. The molecule has 3 aromatic rings. The summed E-state index contributed by atoms with van der Waals surface area (Å²) >= 11 is 0. The maximum atomic E-state index is 12.8. The Morgan fingerprint density at radius 1 is 1.00 bits per heavy atom. The summed E-state index contributed by atoms with van der Waals surface area (Å²) in [5.74, 6) is 1.95. The van der Waals surface area contributed by atoms with Crippen molar-refractivity contribution in [1.82, 2.24) is 15.2 Å². The van der Waals surface area contributed by atoms with Crippen molar-refractivity contribution in [2.45, 2.75) is 37.6 Å². The molecule has 2 fully saturated rings. The topological polar surface area (TPSA) is 70.8 Å². The van der Waals surface area contributed by atoms with Gasteiger partial charge in [0.25, 0.3) is 0 Å². The molecule has 7 nitrogen and oxygen atoms in total. The lowest BCUT2D eigenvalue weighted by Crippen LogP contribution is -2.50. The zero-order valence-electron chi connectivity index (χ0n) is 18.5. The second-order valence-electron chi connectivity index (χ2n) is 8.69. The van der Waals surface area contributed by atoms with E-state index in [2.05, 4.69) is 27.3 Å². The van der Waals surface area contributed by atoms with Gasteiger partial charge in [-0.1, -0.05) is 12.1 Å². The number of nitrogens with one attached hydrogen (secondary N) is 1. The van der Waals surface area contributed by atoms with Crippen LogP contribution in [0.15, 0.2) is 52.9 Å². The lowest BCUT2D eigenvalue weighted by Gasteiger charge is -2.36. The highest BCUT2D eigenvalue weighted by Gasteiger charge is 2.29. The molecule has 32 heavy (non-hydrogen) atoms. The Balaban J connectivity index is 1.09. The van der Waals surface area contributed by atoms with Gasteiger partial charge in [-0.15, -0.1) is 0 Å². The second kappa shape index (κ2) is 9.10. The first-order valence-electron chi connectivity index (χ1n) is 11.5. The molecular weight excluding hydrogens is 404 g/mol. The minimum absolute atomic E-state index is 0.0592. The van der Waals surface area contributed by atoms with Crippen LogP contribution < -0.4 is 15.0 Å². The van der Waals surface area contributed by atoms with Gasteiger partial charge >= 0.3 is 6.03 Å². The van der Waals surface area contributed by atoms with E-state index in [-0.39, 0.29) is 18.0 Å². The van der Waals surface area contributed by atoms with Gasteiger partial charge in [-0.25, -0.2) is 9.78 Å². The van der Waals surface area contributed by atoms with E-state index in [0.717, 1.165) is 74.6 Å². The van der Waals surface area contributed by atoms with Gasteiger partial charge in [-0.2, -0.15) is 0 Å². The molecule has 168 valence electrons. The maximum Gasteiger partial charge on any atom is 0.317 e. The molecule has 2 aliphatic heterocycles. The Morgan fingerprint density at radius 2 is 1.72 bits per heavy atom. The normalized spacial score (nSPS) is 18.2. The van der Waals surface area contributed by atoms with Gasteiger partial charge in [0.2, 0.25) is 0 Å². The van der Waals surface area contributed by atoms with Crippen LogP contribution in [0.25, 0.3) is 11.1 Å². The van der Waals surface area contributed by atoms with Crippen molar-refractivity contribution >= 4 is 22.8 Å². The van der Waals surface area contributed by atoms with Gasteiger partial charge in [0.15, 0.2) is 11.5 Å². The quantitative estimate of drug-likeness (QED) is 0.659. The van der Waals surface area contributed by atoms with Crippen LogP contribution in [0.4, 0.5) is 10.5 Å². The summed E-state index contributed by atoms with van der Waals surface area (Å²) in [5.41, 5.74) is 2.95. The first-order chi connectivity index (χ1) is 15.7. The van der Waals surface area contributed by atoms with Gasteiger partial charge in [-0.3, -0.25) is 0 Å². The summed E-state index contributed by atoms with van der Waals surface area (Å²) in [6.07, 6.45) is 3.68. The molecule has 3 heterocycles. The number of hydrogen-bond donors (Lipinski definition) is 1. The minimum Gasteiger partial charge on any atom is -0.497 e. The maximum absolute atomic E-state index is 12.8. The van der Waals surface area contributed by atoms with E-state index >= 15 is 0 Å². The first kappa shape index (κ1) is 20.7. The van der Waals surface area contributed by atoms with Crippen LogP contribution in [-0.4, -0.2) is 55.2 Å². The van der Waals surface area contributed by atoms with Crippen molar-refractivity contribution in [1.29, 1.82) is 0 Å². The van der Waals surface area contributed by atoms with Crippen LogP contribution in [0, 0.1) is 0 Å². The van der Waals surface area contributed by atoms with Crippen molar-refractivity contribution in [3.05, 3.63) is 54.4 Å². The molecule has 2 amide bonds. The van der Waals surface area contributed by atoms with E-state index < -0.39 is 0 Å². The first-order valence-corrected chi connectivity index (χ1v) is 11.5. The molecule has 0 bridgehead atoms. The highest BCUT2D eigenvalue weighted by atomic mass is 16.5. The number of piperidine rings is 2. The SMILES string of the molecule is COc1ccc(N2CCC(NC(=O)N3CCC(c4nc5ccccc5o4)CC3)CC2)cc1. The number of hydrogen-bond acceptors (Lipinski definition) is 5. The third-order valence-corrected chi connectivity index (χ3v) is 6.70. The van der Waals surface area contributed by atoms with Crippen molar-refractivity contribution in [2.75, 3.05) is 38.2 Å². The molecule has 0 radical (unpaired) electrons. The smallest absolute Gasteiger partial charge is 0.317 e. The van der Waals surface area contributed by atoms with E-state index in [9.17, 15) is 4.79 Å². The predicted molar refractivity (Wildman–Crippen MR) is 124 cm³/mol. The van der Waals surface area contributed by atoms with Crippen LogP contribution in [0.5, 0.6) is 5.75 Å². The lowest BCUT2D eigenvalue weighted by atomic mass is 9.97. The Hall–Kier alpha value is -3.22. The molecule has 1 aromatic heterocycles. The van der Waals surface area contributed by atoms with Crippen LogP contribution in [-0.2, 0) is 0 Å². The number of rotatable bonds is 4.